The van der Waals surface area contributed by atoms with Gasteiger partial charge in [-0.3, -0.25) is 0 Å². The summed E-state index contributed by atoms with van der Waals surface area (Å²) in [6.07, 6.45) is 9.23. The fraction of sp³-hybridized carbons (Fsp3) is 0.818. The predicted octanol–water partition coefficient (Wildman–Crippen LogP) is 2.34. The van der Waals surface area contributed by atoms with Crippen LogP contribution in [-0.4, -0.2) is 14.8 Å². The van der Waals surface area contributed by atoms with Gasteiger partial charge in [-0.2, -0.15) is 5.10 Å². The highest BCUT2D eigenvalue weighted by Gasteiger charge is 2.13. The number of hydrogen-bond acceptors (Lipinski definition) is 3. The van der Waals surface area contributed by atoms with Crippen molar-refractivity contribution < 1.29 is 0 Å². The molecule has 0 bridgehead atoms. The summed E-state index contributed by atoms with van der Waals surface area (Å²) < 4.78 is 1.74. The smallest absolute Gasteiger partial charge is 0.137 e. The Morgan fingerprint density at radius 2 is 2.20 bits per heavy atom. The maximum atomic E-state index is 6.05. The molecule has 2 atom stereocenters. The van der Waals surface area contributed by atoms with Gasteiger partial charge in [-0.25, -0.2) is 9.67 Å². The van der Waals surface area contributed by atoms with E-state index >= 15 is 0 Å². The second-order valence-electron chi connectivity index (χ2n) is 4.10. The molecule has 1 rings (SSSR count). The standard InChI is InChI=1S/C11H22N4/c1-3-5-6-10(4-2)7-11(12)15-9-13-8-14-15/h8-11H,3-7,12H2,1-2H3. The van der Waals surface area contributed by atoms with Crippen molar-refractivity contribution in [1.29, 1.82) is 0 Å². The Balaban J connectivity index is 2.37. The van der Waals surface area contributed by atoms with Gasteiger partial charge in [-0.15, -0.1) is 0 Å². The fourth-order valence-electron chi connectivity index (χ4n) is 1.82. The molecule has 0 spiro atoms. The van der Waals surface area contributed by atoms with Crippen LogP contribution in [0, 0.1) is 5.92 Å². The van der Waals surface area contributed by atoms with Crippen molar-refractivity contribution >= 4 is 0 Å². The highest BCUT2D eigenvalue weighted by molar-refractivity contribution is 4.68. The quantitative estimate of drug-likeness (QED) is 0.751. The van der Waals surface area contributed by atoms with Gasteiger partial charge in [0.05, 0.1) is 0 Å². The molecule has 0 aliphatic rings. The Morgan fingerprint density at radius 1 is 1.40 bits per heavy atom. The van der Waals surface area contributed by atoms with Crippen LogP contribution in [0.15, 0.2) is 12.7 Å². The van der Waals surface area contributed by atoms with Gasteiger partial charge in [0.15, 0.2) is 0 Å². The van der Waals surface area contributed by atoms with Gasteiger partial charge in [-0.1, -0.05) is 39.5 Å². The Labute approximate surface area is 91.9 Å². The van der Waals surface area contributed by atoms with Crippen LogP contribution in [0.4, 0.5) is 0 Å². The average molecular weight is 210 g/mol. The summed E-state index contributed by atoms with van der Waals surface area (Å²) in [5, 5.41) is 4.06. The number of aromatic nitrogens is 3. The molecule has 1 aromatic rings. The largest absolute Gasteiger partial charge is 0.310 e. The third kappa shape index (κ3) is 4.00. The minimum absolute atomic E-state index is 0.0192. The molecular weight excluding hydrogens is 188 g/mol. The van der Waals surface area contributed by atoms with E-state index in [1.165, 1.54) is 32.0 Å². The second-order valence-corrected chi connectivity index (χ2v) is 4.10. The van der Waals surface area contributed by atoms with E-state index in [1.807, 2.05) is 0 Å². The molecule has 0 saturated heterocycles. The molecule has 0 fully saturated rings. The maximum absolute atomic E-state index is 6.05. The first-order valence-electron chi connectivity index (χ1n) is 5.87. The van der Waals surface area contributed by atoms with Crippen molar-refractivity contribution in [1.82, 2.24) is 14.8 Å². The van der Waals surface area contributed by atoms with E-state index in [9.17, 15) is 0 Å². The molecule has 2 N–H and O–H groups in total. The van der Waals surface area contributed by atoms with Gasteiger partial charge in [-0.05, 0) is 12.3 Å². The molecule has 0 radical (unpaired) electrons. The molecule has 1 heterocycles. The normalized spacial score (nSPS) is 15.1. The first-order chi connectivity index (χ1) is 7.27. The van der Waals surface area contributed by atoms with E-state index in [4.69, 9.17) is 5.73 Å². The molecule has 15 heavy (non-hydrogen) atoms. The Bertz CT molecular complexity index is 245. The molecule has 4 heteroatoms. The summed E-state index contributed by atoms with van der Waals surface area (Å²) in [6.45, 7) is 4.46. The van der Waals surface area contributed by atoms with Gasteiger partial charge in [0.2, 0.25) is 0 Å². The maximum Gasteiger partial charge on any atom is 0.137 e. The fourth-order valence-corrected chi connectivity index (χ4v) is 1.82. The lowest BCUT2D eigenvalue weighted by Crippen LogP contribution is -2.22. The zero-order chi connectivity index (χ0) is 11.1. The minimum Gasteiger partial charge on any atom is -0.310 e. The number of unbranched alkanes of at least 4 members (excludes halogenated alkanes) is 1. The SMILES string of the molecule is CCCCC(CC)CC(N)n1cncn1. The van der Waals surface area contributed by atoms with Crippen molar-refractivity contribution in [2.45, 2.75) is 52.1 Å². The van der Waals surface area contributed by atoms with Crippen molar-refractivity contribution in [2.24, 2.45) is 11.7 Å². The van der Waals surface area contributed by atoms with Crippen LogP contribution in [0.2, 0.25) is 0 Å². The number of rotatable bonds is 7. The van der Waals surface area contributed by atoms with Gasteiger partial charge in [0, 0.05) is 0 Å². The average Bonchev–Trinajstić information content (AvgIpc) is 2.77. The van der Waals surface area contributed by atoms with Crippen molar-refractivity contribution in [3.05, 3.63) is 12.7 Å². The molecule has 0 aliphatic heterocycles. The molecule has 0 saturated carbocycles. The number of nitrogens with zero attached hydrogens (tertiary/aromatic N) is 3. The highest BCUT2D eigenvalue weighted by atomic mass is 15.4. The highest BCUT2D eigenvalue weighted by Crippen LogP contribution is 2.20. The third-order valence-electron chi connectivity index (χ3n) is 2.89. The number of nitrogens with two attached hydrogens (primary N) is 1. The van der Waals surface area contributed by atoms with Crippen LogP contribution in [0.3, 0.4) is 0 Å². The lowest BCUT2D eigenvalue weighted by Gasteiger charge is -2.19. The van der Waals surface area contributed by atoms with Crippen LogP contribution in [0.1, 0.15) is 52.1 Å². The summed E-state index contributed by atoms with van der Waals surface area (Å²) in [6, 6.07) is 0. The van der Waals surface area contributed by atoms with E-state index in [1.54, 1.807) is 11.0 Å². The Kier molecular flexibility index (Phi) is 5.32. The molecule has 86 valence electrons. The van der Waals surface area contributed by atoms with E-state index in [2.05, 4.69) is 23.9 Å². The van der Waals surface area contributed by atoms with Crippen molar-refractivity contribution in [3.63, 3.8) is 0 Å². The summed E-state index contributed by atoms with van der Waals surface area (Å²) in [4.78, 5) is 3.91. The van der Waals surface area contributed by atoms with Gasteiger partial charge in [0.25, 0.3) is 0 Å². The molecule has 0 aromatic carbocycles. The first-order valence-corrected chi connectivity index (χ1v) is 5.87. The zero-order valence-corrected chi connectivity index (χ0v) is 9.76. The Morgan fingerprint density at radius 3 is 2.73 bits per heavy atom. The zero-order valence-electron chi connectivity index (χ0n) is 9.76. The minimum atomic E-state index is -0.0192. The van der Waals surface area contributed by atoms with Crippen molar-refractivity contribution in [3.8, 4) is 0 Å². The van der Waals surface area contributed by atoms with E-state index in [0.717, 1.165) is 6.42 Å². The van der Waals surface area contributed by atoms with E-state index < -0.39 is 0 Å². The lowest BCUT2D eigenvalue weighted by atomic mass is 9.95. The third-order valence-corrected chi connectivity index (χ3v) is 2.89. The number of hydrogen-bond donors (Lipinski definition) is 1. The van der Waals surface area contributed by atoms with Crippen molar-refractivity contribution in [2.75, 3.05) is 0 Å². The van der Waals surface area contributed by atoms with Gasteiger partial charge in [0.1, 0.15) is 18.8 Å². The topological polar surface area (TPSA) is 56.7 Å². The lowest BCUT2D eigenvalue weighted by molar-refractivity contribution is 0.322. The predicted molar refractivity (Wildman–Crippen MR) is 61.2 cm³/mol. The Hall–Kier alpha value is -0.900. The van der Waals surface area contributed by atoms with Crippen LogP contribution >= 0.6 is 0 Å². The van der Waals surface area contributed by atoms with Crippen LogP contribution < -0.4 is 5.73 Å². The molecule has 2 unspecified atom stereocenters. The van der Waals surface area contributed by atoms with E-state index in [-0.39, 0.29) is 6.17 Å². The summed E-state index contributed by atoms with van der Waals surface area (Å²) in [5.41, 5.74) is 6.05. The molecule has 4 nitrogen and oxygen atoms in total. The van der Waals surface area contributed by atoms with Crippen LogP contribution in [-0.2, 0) is 0 Å². The van der Waals surface area contributed by atoms with Crippen LogP contribution in [0.5, 0.6) is 0 Å². The molecule has 0 aliphatic carbocycles. The summed E-state index contributed by atoms with van der Waals surface area (Å²) >= 11 is 0. The molecule has 1 aromatic heterocycles. The van der Waals surface area contributed by atoms with Crippen LogP contribution in [0.25, 0.3) is 0 Å². The summed E-state index contributed by atoms with van der Waals surface area (Å²) in [7, 11) is 0. The monoisotopic (exact) mass is 210 g/mol. The van der Waals surface area contributed by atoms with E-state index in [0.29, 0.717) is 5.92 Å². The molecule has 0 amide bonds. The second kappa shape index (κ2) is 6.56. The van der Waals surface area contributed by atoms with Gasteiger partial charge < -0.3 is 5.73 Å². The molecular formula is C11H22N4. The van der Waals surface area contributed by atoms with Gasteiger partial charge >= 0.3 is 0 Å². The summed E-state index contributed by atoms with van der Waals surface area (Å²) in [5.74, 6) is 0.712. The first kappa shape index (κ1) is 12.2.